The molecule has 0 aliphatic rings. The first-order chi connectivity index (χ1) is 4.46. The van der Waals surface area contributed by atoms with Crippen LogP contribution in [0.4, 0.5) is 0 Å². The molecule has 0 heterocycles. The molecule has 0 aliphatic carbocycles. The Labute approximate surface area is 58.7 Å². The monoisotopic (exact) mass is 146 g/mol. The van der Waals surface area contributed by atoms with Crippen molar-refractivity contribution in [3.63, 3.8) is 0 Å². The molecule has 0 unspecified atom stereocenters. The first-order valence-corrected chi connectivity index (χ1v) is 2.60. The average molecular weight is 146 g/mol. The molecule has 0 fully saturated rings. The highest BCUT2D eigenvalue weighted by molar-refractivity contribution is 5.74. The van der Waals surface area contributed by atoms with E-state index in [9.17, 15) is 10.1 Å². The molecule has 0 amide bonds. The summed E-state index contributed by atoms with van der Waals surface area (Å²) in [6.45, 7) is 0. The normalized spacial score (nSPS) is 8.70. The number of rotatable bonds is 1. The fraction of sp³-hybridized carbons (Fsp3) is 0.750. The lowest BCUT2D eigenvalue weighted by Crippen LogP contribution is -2.40. The van der Waals surface area contributed by atoms with E-state index in [1.807, 2.05) is 0 Å². The fourth-order valence-corrected chi connectivity index (χ4v) is 0.367. The SMILES string of the molecule is CN(C)C(=N)N(C)[N+](=O)[O-]. The highest BCUT2D eigenvalue weighted by Crippen LogP contribution is 1.87. The standard InChI is InChI=1S/C4H10N4O2/c1-6(2)4(5)7(3)8(9)10/h5H,1-3H3. The quantitative estimate of drug-likeness (QED) is 0.236. The van der Waals surface area contributed by atoms with E-state index in [0.29, 0.717) is 5.01 Å². The molecule has 1 N–H and O–H groups in total. The van der Waals surface area contributed by atoms with Crippen LogP contribution in [0.15, 0.2) is 0 Å². The van der Waals surface area contributed by atoms with Gasteiger partial charge in [-0.05, 0) is 0 Å². The Kier molecular flexibility index (Phi) is 2.60. The van der Waals surface area contributed by atoms with Crippen LogP contribution in [0.3, 0.4) is 0 Å². The maximum Gasteiger partial charge on any atom is 0.256 e. The number of hydrogen-bond donors (Lipinski definition) is 1. The van der Waals surface area contributed by atoms with Crippen molar-refractivity contribution in [1.29, 1.82) is 5.41 Å². The van der Waals surface area contributed by atoms with E-state index in [0.717, 1.165) is 0 Å². The summed E-state index contributed by atoms with van der Waals surface area (Å²) in [5.74, 6) is -0.148. The minimum Gasteiger partial charge on any atom is -0.345 e. The minimum atomic E-state index is -0.650. The van der Waals surface area contributed by atoms with E-state index in [2.05, 4.69) is 0 Å². The van der Waals surface area contributed by atoms with Crippen molar-refractivity contribution in [3.05, 3.63) is 10.1 Å². The van der Waals surface area contributed by atoms with Gasteiger partial charge in [-0.15, -0.1) is 0 Å². The molecule has 0 atom stereocenters. The first kappa shape index (κ1) is 8.67. The molecular weight excluding hydrogens is 136 g/mol. The highest BCUT2D eigenvalue weighted by Gasteiger charge is 2.14. The Morgan fingerprint density at radius 1 is 1.50 bits per heavy atom. The van der Waals surface area contributed by atoms with Crippen molar-refractivity contribution >= 4 is 5.96 Å². The average Bonchev–Trinajstić information content (AvgIpc) is 1.84. The van der Waals surface area contributed by atoms with Crippen LogP contribution >= 0.6 is 0 Å². The predicted octanol–water partition coefficient (Wildman–Crippen LogP) is -0.394. The van der Waals surface area contributed by atoms with Gasteiger partial charge in [0.25, 0.3) is 5.96 Å². The molecule has 0 aromatic carbocycles. The van der Waals surface area contributed by atoms with Crippen LogP contribution in [0.1, 0.15) is 0 Å². The summed E-state index contributed by atoms with van der Waals surface area (Å²) in [5.41, 5.74) is 0. The number of nitrogens with one attached hydrogen (secondary N) is 1. The summed E-state index contributed by atoms with van der Waals surface area (Å²) in [7, 11) is 4.37. The van der Waals surface area contributed by atoms with Crippen LogP contribution in [-0.2, 0) is 0 Å². The molecular formula is C4H10N4O2. The summed E-state index contributed by atoms with van der Waals surface area (Å²) in [6.07, 6.45) is 0. The Morgan fingerprint density at radius 3 is 2.00 bits per heavy atom. The van der Waals surface area contributed by atoms with Gasteiger partial charge in [0, 0.05) is 14.1 Å². The van der Waals surface area contributed by atoms with Crippen molar-refractivity contribution in [2.45, 2.75) is 0 Å². The van der Waals surface area contributed by atoms with Gasteiger partial charge in [0.1, 0.15) is 0 Å². The summed E-state index contributed by atoms with van der Waals surface area (Å²) in [5, 5.41) is 17.1. The summed E-state index contributed by atoms with van der Waals surface area (Å²) >= 11 is 0. The van der Waals surface area contributed by atoms with Gasteiger partial charge in [-0.3, -0.25) is 5.41 Å². The second kappa shape index (κ2) is 3.00. The van der Waals surface area contributed by atoms with Crippen LogP contribution in [0.5, 0.6) is 0 Å². The van der Waals surface area contributed by atoms with Crippen molar-refractivity contribution < 1.29 is 5.03 Å². The second-order valence-corrected chi connectivity index (χ2v) is 1.98. The topological polar surface area (TPSA) is 73.5 Å². The maximum absolute atomic E-state index is 10.0. The summed E-state index contributed by atoms with van der Waals surface area (Å²) in [4.78, 5) is 11.4. The van der Waals surface area contributed by atoms with Crippen LogP contribution in [-0.4, -0.2) is 42.0 Å². The van der Waals surface area contributed by atoms with Crippen molar-refractivity contribution in [1.82, 2.24) is 9.91 Å². The molecule has 0 saturated heterocycles. The molecule has 10 heavy (non-hydrogen) atoms. The molecule has 0 bridgehead atoms. The van der Waals surface area contributed by atoms with E-state index in [4.69, 9.17) is 5.41 Å². The van der Waals surface area contributed by atoms with E-state index < -0.39 is 5.03 Å². The predicted molar refractivity (Wildman–Crippen MR) is 36.2 cm³/mol. The first-order valence-electron chi connectivity index (χ1n) is 2.60. The third-order valence-corrected chi connectivity index (χ3v) is 0.975. The number of nitrogens with zero attached hydrogens (tertiary/aromatic N) is 3. The summed E-state index contributed by atoms with van der Waals surface area (Å²) in [6, 6.07) is 0. The minimum absolute atomic E-state index is 0.148. The molecule has 58 valence electrons. The Bertz CT molecular complexity index is 155. The van der Waals surface area contributed by atoms with Crippen molar-refractivity contribution in [3.8, 4) is 0 Å². The van der Waals surface area contributed by atoms with Gasteiger partial charge in [-0.25, -0.2) is 10.1 Å². The van der Waals surface area contributed by atoms with Gasteiger partial charge in [0.15, 0.2) is 5.03 Å². The zero-order valence-corrected chi connectivity index (χ0v) is 6.16. The van der Waals surface area contributed by atoms with Gasteiger partial charge in [-0.1, -0.05) is 5.01 Å². The van der Waals surface area contributed by atoms with Gasteiger partial charge in [-0.2, -0.15) is 0 Å². The van der Waals surface area contributed by atoms with Crippen LogP contribution in [0, 0.1) is 15.5 Å². The fourth-order valence-electron chi connectivity index (χ4n) is 0.367. The van der Waals surface area contributed by atoms with E-state index in [1.165, 1.54) is 11.9 Å². The lowest BCUT2D eigenvalue weighted by atomic mass is 10.8. The summed E-state index contributed by atoms with van der Waals surface area (Å²) < 4.78 is 0. The van der Waals surface area contributed by atoms with Gasteiger partial charge >= 0.3 is 0 Å². The third kappa shape index (κ3) is 1.88. The Morgan fingerprint density at radius 2 is 1.90 bits per heavy atom. The Balaban J connectivity index is 4.08. The zero-order chi connectivity index (χ0) is 8.31. The number of nitro groups is 1. The number of hydrogen-bond acceptors (Lipinski definition) is 3. The van der Waals surface area contributed by atoms with Crippen molar-refractivity contribution in [2.24, 2.45) is 0 Å². The second-order valence-electron chi connectivity index (χ2n) is 1.98. The van der Waals surface area contributed by atoms with Gasteiger partial charge < -0.3 is 4.90 Å². The third-order valence-electron chi connectivity index (χ3n) is 0.975. The zero-order valence-electron chi connectivity index (χ0n) is 6.16. The number of hydrazine groups is 1. The number of guanidine groups is 1. The maximum atomic E-state index is 10.0. The van der Waals surface area contributed by atoms with Crippen LogP contribution in [0.2, 0.25) is 0 Å². The molecule has 0 rings (SSSR count). The highest BCUT2D eigenvalue weighted by atomic mass is 16.7. The van der Waals surface area contributed by atoms with E-state index >= 15 is 0 Å². The van der Waals surface area contributed by atoms with E-state index in [1.54, 1.807) is 14.1 Å². The largest absolute Gasteiger partial charge is 0.345 e. The van der Waals surface area contributed by atoms with Crippen molar-refractivity contribution in [2.75, 3.05) is 21.1 Å². The molecule has 0 aromatic heterocycles. The molecule has 0 aromatic rings. The molecule has 0 aliphatic heterocycles. The molecule has 6 heteroatoms. The molecule has 0 radical (unpaired) electrons. The van der Waals surface area contributed by atoms with E-state index in [-0.39, 0.29) is 5.96 Å². The van der Waals surface area contributed by atoms with Gasteiger partial charge in [0.05, 0.1) is 7.05 Å². The van der Waals surface area contributed by atoms with Crippen LogP contribution in [0.25, 0.3) is 0 Å². The smallest absolute Gasteiger partial charge is 0.256 e. The van der Waals surface area contributed by atoms with Crippen LogP contribution < -0.4 is 0 Å². The van der Waals surface area contributed by atoms with Gasteiger partial charge in [0.2, 0.25) is 0 Å². The lowest BCUT2D eigenvalue weighted by molar-refractivity contribution is -0.624. The molecule has 0 saturated carbocycles. The Hall–Kier alpha value is -1.33. The molecule has 6 nitrogen and oxygen atoms in total. The molecule has 0 spiro atoms. The lowest BCUT2D eigenvalue weighted by Gasteiger charge is -2.15.